The minimum Gasteiger partial charge on any atom is -0.490 e. The monoisotopic (exact) mass is 511 g/mol. The molecule has 2 aliphatic rings. The first-order valence-corrected chi connectivity index (χ1v) is 12.5. The molecule has 2 amide bonds. The Morgan fingerprint density at radius 2 is 2.03 bits per heavy atom. The molecule has 2 aromatic heterocycles. The zero-order valence-electron chi connectivity index (χ0n) is 19.8. The number of hydrogen-bond donors (Lipinski definition) is 2. The molecule has 2 N–H and O–H groups in total. The second kappa shape index (κ2) is 9.94. The van der Waals surface area contributed by atoms with Crippen LogP contribution in [0.5, 0.6) is 11.5 Å². The maximum Gasteiger partial charge on any atom is 0.410 e. The molecular formula is C25H25N3O7S. The van der Waals surface area contributed by atoms with Gasteiger partial charge < -0.3 is 34.2 Å². The molecule has 0 aliphatic carbocycles. The maximum atomic E-state index is 13.1. The van der Waals surface area contributed by atoms with Crippen LogP contribution in [0, 0.1) is 0 Å². The highest BCUT2D eigenvalue weighted by Gasteiger charge is 2.34. The molecule has 188 valence electrons. The number of nitrogens with zero attached hydrogens (tertiary/aromatic N) is 1. The molecule has 0 saturated carbocycles. The molecule has 10 nitrogen and oxygen atoms in total. The standard InChI is InChI=1S/C25H25N3O7S/c1-3-32-18-12-14(7-8-16(18)35-24(30)17-6-5-11-34-17)21-26-22(29)20-15-9-10-28(25(31)33-4-2)13-19(15)36-23(20)27-21/h5-8,11-12,21,27H,3-4,9-10,13H2,1-2H3,(H,26,29)/t21-/m1/s1. The summed E-state index contributed by atoms with van der Waals surface area (Å²) in [6.45, 7) is 5.19. The third kappa shape index (κ3) is 4.49. The summed E-state index contributed by atoms with van der Waals surface area (Å²) in [4.78, 5) is 40.2. The van der Waals surface area contributed by atoms with E-state index in [1.807, 2.05) is 6.92 Å². The van der Waals surface area contributed by atoms with E-state index in [1.165, 1.54) is 23.7 Å². The summed E-state index contributed by atoms with van der Waals surface area (Å²) >= 11 is 1.47. The van der Waals surface area contributed by atoms with Crippen molar-refractivity contribution < 1.29 is 33.0 Å². The molecule has 0 spiro atoms. The number of nitrogens with one attached hydrogen (secondary N) is 2. The lowest BCUT2D eigenvalue weighted by atomic mass is 10.0. The van der Waals surface area contributed by atoms with Gasteiger partial charge in [-0.3, -0.25) is 4.79 Å². The molecule has 36 heavy (non-hydrogen) atoms. The van der Waals surface area contributed by atoms with E-state index < -0.39 is 12.1 Å². The summed E-state index contributed by atoms with van der Waals surface area (Å²) in [6, 6.07) is 8.23. The third-order valence-corrected chi connectivity index (χ3v) is 7.03. The predicted molar refractivity (Wildman–Crippen MR) is 131 cm³/mol. The second-order valence-corrected chi connectivity index (χ2v) is 9.24. The van der Waals surface area contributed by atoms with E-state index in [0.717, 1.165) is 21.0 Å². The number of benzene rings is 1. The second-order valence-electron chi connectivity index (χ2n) is 8.14. The number of furan rings is 1. The van der Waals surface area contributed by atoms with Crippen molar-refractivity contribution in [3.8, 4) is 11.5 Å². The van der Waals surface area contributed by atoms with E-state index in [4.69, 9.17) is 18.6 Å². The lowest BCUT2D eigenvalue weighted by Crippen LogP contribution is -2.39. The van der Waals surface area contributed by atoms with Gasteiger partial charge in [0.05, 0.1) is 31.6 Å². The first-order valence-electron chi connectivity index (χ1n) is 11.6. The topological polar surface area (TPSA) is 119 Å². The first kappa shape index (κ1) is 23.7. The normalized spacial score (nSPS) is 16.3. The van der Waals surface area contributed by atoms with Crippen LogP contribution in [0.2, 0.25) is 0 Å². The molecule has 0 radical (unpaired) electrons. The number of rotatable bonds is 6. The number of carbonyl (C=O) groups excluding carboxylic acids is 3. The van der Waals surface area contributed by atoms with Crippen LogP contribution in [-0.4, -0.2) is 42.6 Å². The van der Waals surface area contributed by atoms with Gasteiger partial charge in [-0.2, -0.15) is 0 Å². The quantitative estimate of drug-likeness (QED) is 0.371. The van der Waals surface area contributed by atoms with Crippen molar-refractivity contribution in [2.75, 3.05) is 25.1 Å². The fourth-order valence-electron chi connectivity index (χ4n) is 4.25. The first-order chi connectivity index (χ1) is 17.5. The summed E-state index contributed by atoms with van der Waals surface area (Å²) in [5.41, 5.74) is 2.33. The molecule has 3 aromatic rings. The number of amides is 2. The zero-order valence-corrected chi connectivity index (χ0v) is 20.6. The fourth-order valence-corrected chi connectivity index (χ4v) is 5.54. The van der Waals surface area contributed by atoms with E-state index in [1.54, 1.807) is 36.1 Å². The smallest absolute Gasteiger partial charge is 0.410 e. The van der Waals surface area contributed by atoms with Crippen molar-refractivity contribution in [2.24, 2.45) is 0 Å². The summed E-state index contributed by atoms with van der Waals surface area (Å²) in [6.07, 6.45) is 1.12. The number of esters is 1. The number of carbonyl (C=O) groups is 3. The van der Waals surface area contributed by atoms with E-state index >= 15 is 0 Å². The van der Waals surface area contributed by atoms with Crippen LogP contribution in [0.4, 0.5) is 9.80 Å². The van der Waals surface area contributed by atoms with Gasteiger partial charge in [0.2, 0.25) is 5.76 Å². The highest BCUT2D eigenvalue weighted by molar-refractivity contribution is 7.16. The van der Waals surface area contributed by atoms with Crippen molar-refractivity contribution in [3.63, 3.8) is 0 Å². The van der Waals surface area contributed by atoms with Gasteiger partial charge in [0.15, 0.2) is 11.5 Å². The van der Waals surface area contributed by atoms with Gasteiger partial charge in [-0.1, -0.05) is 6.07 Å². The van der Waals surface area contributed by atoms with Gasteiger partial charge in [-0.15, -0.1) is 11.3 Å². The summed E-state index contributed by atoms with van der Waals surface area (Å²) in [5, 5.41) is 7.16. The highest BCUT2D eigenvalue weighted by atomic mass is 32.1. The van der Waals surface area contributed by atoms with Gasteiger partial charge >= 0.3 is 12.1 Å². The van der Waals surface area contributed by atoms with Crippen molar-refractivity contribution in [1.29, 1.82) is 0 Å². The maximum absolute atomic E-state index is 13.1. The highest BCUT2D eigenvalue weighted by Crippen LogP contribution is 2.41. The summed E-state index contributed by atoms with van der Waals surface area (Å²) in [5.74, 6) is -0.119. The van der Waals surface area contributed by atoms with E-state index in [0.29, 0.717) is 44.0 Å². The largest absolute Gasteiger partial charge is 0.490 e. The molecule has 0 saturated heterocycles. The molecular weight excluding hydrogens is 486 g/mol. The number of fused-ring (bicyclic) bond motifs is 3. The molecule has 1 atom stereocenters. The van der Waals surface area contributed by atoms with Crippen LogP contribution >= 0.6 is 11.3 Å². The number of anilines is 1. The Hall–Kier alpha value is -3.99. The average molecular weight is 512 g/mol. The van der Waals surface area contributed by atoms with Gasteiger partial charge in [0.25, 0.3) is 5.91 Å². The zero-order chi connectivity index (χ0) is 25.2. The van der Waals surface area contributed by atoms with E-state index in [9.17, 15) is 14.4 Å². The Morgan fingerprint density at radius 1 is 1.17 bits per heavy atom. The molecule has 11 heteroatoms. The Kier molecular flexibility index (Phi) is 6.55. The molecule has 2 aliphatic heterocycles. The Bertz CT molecular complexity index is 1300. The minimum absolute atomic E-state index is 0.0819. The Morgan fingerprint density at radius 3 is 2.78 bits per heavy atom. The lowest BCUT2D eigenvalue weighted by Gasteiger charge is -2.28. The predicted octanol–water partition coefficient (Wildman–Crippen LogP) is 4.33. The molecule has 5 rings (SSSR count). The molecule has 4 heterocycles. The molecule has 1 aromatic carbocycles. The van der Waals surface area contributed by atoms with Crippen LogP contribution in [0.1, 0.15) is 56.9 Å². The summed E-state index contributed by atoms with van der Waals surface area (Å²) < 4.78 is 21.4. The lowest BCUT2D eigenvalue weighted by molar-refractivity contribution is 0.0694. The van der Waals surface area contributed by atoms with Crippen LogP contribution < -0.4 is 20.1 Å². The van der Waals surface area contributed by atoms with Crippen LogP contribution in [0.15, 0.2) is 41.0 Å². The number of thiophene rings is 1. The van der Waals surface area contributed by atoms with Crippen LogP contribution in [0.3, 0.4) is 0 Å². The minimum atomic E-state index is -0.636. The molecule has 0 fully saturated rings. The van der Waals surface area contributed by atoms with Crippen LogP contribution in [-0.2, 0) is 17.7 Å². The Labute approximate surface area is 211 Å². The van der Waals surface area contributed by atoms with Crippen molar-refractivity contribution in [3.05, 3.63) is 63.9 Å². The van der Waals surface area contributed by atoms with Crippen molar-refractivity contribution in [1.82, 2.24) is 10.2 Å². The number of hydrogen-bond acceptors (Lipinski definition) is 9. The number of ether oxygens (including phenoxy) is 3. The molecule has 0 bridgehead atoms. The van der Waals surface area contributed by atoms with Gasteiger partial charge in [0.1, 0.15) is 11.2 Å². The Balaban J connectivity index is 1.37. The molecule has 0 unspecified atom stereocenters. The van der Waals surface area contributed by atoms with E-state index in [2.05, 4.69) is 10.6 Å². The van der Waals surface area contributed by atoms with E-state index in [-0.39, 0.29) is 23.5 Å². The van der Waals surface area contributed by atoms with Gasteiger partial charge in [-0.05, 0) is 55.7 Å². The SMILES string of the molecule is CCOC(=O)N1CCc2c(sc3c2C(=O)N[C@@H](c2ccc(OC(=O)c4ccco4)c(OCC)c2)N3)C1. The van der Waals surface area contributed by atoms with Crippen molar-refractivity contribution >= 4 is 34.3 Å². The van der Waals surface area contributed by atoms with Crippen molar-refractivity contribution in [2.45, 2.75) is 33.0 Å². The van der Waals surface area contributed by atoms with Crippen LogP contribution in [0.25, 0.3) is 0 Å². The third-order valence-electron chi connectivity index (χ3n) is 5.89. The summed E-state index contributed by atoms with van der Waals surface area (Å²) in [7, 11) is 0. The van der Waals surface area contributed by atoms with Gasteiger partial charge in [0, 0.05) is 11.4 Å². The average Bonchev–Trinajstić information content (AvgIpc) is 3.53. The fraction of sp³-hybridized carbons (Fsp3) is 0.320. The van der Waals surface area contributed by atoms with Gasteiger partial charge in [-0.25, -0.2) is 9.59 Å².